The van der Waals surface area contributed by atoms with Crippen LogP contribution in [-0.4, -0.2) is 41.8 Å². The highest BCUT2D eigenvalue weighted by Gasteiger charge is 2.22. The predicted octanol–water partition coefficient (Wildman–Crippen LogP) is 1.09. The third-order valence-corrected chi connectivity index (χ3v) is 4.15. The third kappa shape index (κ3) is 2.57. The van der Waals surface area contributed by atoms with Crippen molar-refractivity contribution < 1.29 is 9.59 Å². The smallest absolute Gasteiger partial charge is 0.266 e. The first-order valence-electron chi connectivity index (χ1n) is 6.20. The summed E-state index contributed by atoms with van der Waals surface area (Å²) in [5, 5.41) is 3.33. The number of pyridine rings is 1. The summed E-state index contributed by atoms with van der Waals surface area (Å²) in [6.07, 6.45) is 3.32. The highest BCUT2D eigenvalue weighted by molar-refractivity contribution is 7.21. The van der Waals surface area contributed by atoms with E-state index in [0.29, 0.717) is 17.1 Å². The van der Waals surface area contributed by atoms with Crippen LogP contribution in [0, 0.1) is 0 Å². The molecule has 6 nitrogen and oxygen atoms in total. The molecule has 0 unspecified atom stereocenters. The van der Waals surface area contributed by atoms with E-state index in [-0.39, 0.29) is 18.4 Å². The van der Waals surface area contributed by atoms with Gasteiger partial charge in [-0.3, -0.25) is 14.6 Å². The number of carbonyl (C=O) groups is 2. The molecule has 0 saturated heterocycles. The van der Waals surface area contributed by atoms with E-state index in [2.05, 4.69) is 10.3 Å². The number of nitrogen functional groups attached to an aromatic ring is 1. The average molecular weight is 292 g/mol. The zero-order chi connectivity index (χ0) is 14.7. The zero-order valence-electron chi connectivity index (χ0n) is 11.3. The van der Waals surface area contributed by atoms with Crippen molar-refractivity contribution in [3.05, 3.63) is 23.3 Å². The zero-order valence-corrected chi connectivity index (χ0v) is 12.2. The van der Waals surface area contributed by atoms with E-state index in [4.69, 9.17) is 5.73 Å². The molecule has 0 radical (unpaired) electrons. The van der Waals surface area contributed by atoms with E-state index in [1.807, 2.05) is 6.92 Å². The minimum atomic E-state index is -0.227. The van der Waals surface area contributed by atoms with Gasteiger partial charge in [-0.05, 0) is 13.0 Å². The van der Waals surface area contributed by atoms with Gasteiger partial charge in [0.1, 0.15) is 4.88 Å². The quantitative estimate of drug-likeness (QED) is 0.883. The second-order valence-corrected chi connectivity index (χ2v) is 5.26. The minimum absolute atomic E-state index is 0.0256. The van der Waals surface area contributed by atoms with Crippen molar-refractivity contribution >= 4 is 38.9 Å². The molecule has 0 fully saturated rings. The van der Waals surface area contributed by atoms with Crippen molar-refractivity contribution in [1.29, 1.82) is 0 Å². The van der Waals surface area contributed by atoms with Gasteiger partial charge in [-0.25, -0.2) is 0 Å². The molecule has 20 heavy (non-hydrogen) atoms. The first-order valence-corrected chi connectivity index (χ1v) is 7.02. The number of rotatable bonds is 4. The minimum Gasteiger partial charge on any atom is -0.397 e. The number of aromatic nitrogens is 1. The van der Waals surface area contributed by atoms with Gasteiger partial charge in [-0.1, -0.05) is 0 Å². The van der Waals surface area contributed by atoms with Crippen LogP contribution in [0.1, 0.15) is 16.6 Å². The van der Waals surface area contributed by atoms with Gasteiger partial charge in [0.25, 0.3) is 5.91 Å². The Morgan fingerprint density at radius 2 is 2.25 bits per heavy atom. The Labute approximate surface area is 120 Å². The van der Waals surface area contributed by atoms with Gasteiger partial charge in [0.05, 0.1) is 16.9 Å². The monoisotopic (exact) mass is 292 g/mol. The summed E-state index contributed by atoms with van der Waals surface area (Å²) in [5.41, 5.74) is 6.48. The molecule has 0 aliphatic carbocycles. The number of carbonyl (C=O) groups excluding carboxylic acids is 2. The Morgan fingerprint density at radius 1 is 1.50 bits per heavy atom. The van der Waals surface area contributed by atoms with Crippen molar-refractivity contribution in [1.82, 2.24) is 15.2 Å². The lowest BCUT2D eigenvalue weighted by atomic mass is 10.2. The Morgan fingerprint density at radius 3 is 2.85 bits per heavy atom. The van der Waals surface area contributed by atoms with Crippen LogP contribution < -0.4 is 11.1 Å². The standard InChI is InChI=1S/C13H16N4O2S/c1-3-17(7-10(18)15-2)13(19)12-11(14)8-4-5-16-6-9(8)20-12/h4-6H,3,7,14H2,1-2H3,(H,15,18). The Kier molecular flexibility index (Phi) is 4.19. The molecule has 0 saturated carbocycles. The lowest BCUT2D eigenvalue weighted by Crippen LogP contribution is -2.39. The number of nitrogens with zero attached hydrogens (tertiary/aromatic N) is 2. The number of likely N-dealkylation sites (N-methyl/N-ethyl adjacent to an activating group) is 2. The van der Waals surface area contributed by atoms with Crippen LogP contribution in [0.3, 0.4) is 0 Å². The lowest BCUT2D eigenvalue weighted by molar-refractivity contribution is -0.121. The second-order valence-electron chi connectivity index (χ2n) is 4.21. The van der Waals surface area contributed by atoms with Gasteiger partial charge in [0.2, 0.25) is 5.91 Å². The lowest BCUT2D eigenvalue weighted by Gasteiger charge is -2.19. The molecule has 2 heterocycles. The van der Waals surface area contributed by atoms with Crippen molar-refractivity contribution in [2.45, 2.75) is 6.92 Å². The summed E-state index contributed by atoms with van der Waals surface area (Å²) in [4.78, 5) is 29.8. The number of thiophene rings is 1. The molecule has 2 amide bonds. The Hall–Kier alpha value is -2.15. The van der Waals surface area contributed by atoms with Crippen molar-refractivity contribution in [3.8, 4) is 0 Å². The van der Waals surface area contributed by atoms with Crippen LogP contribution in [0.4, 0.5) is 5.69 Å². The van der Waals surface area contributed by atoms with Crippen molar-refractivity contribution in [3.63, 3.8) is 0 Å². The second kappa shape index (κ2) is 5.87. The van der Waals surface area contributed by atoms with Gasteiger partial charge in [0, 0.05) is 31.4 Å². The molecule has 7 heteroatoms. The van der Waals surface area contributed by atoms with Crippen LogP contribution in [0.5, 0.6) is 0 Å². The van der Waals surface area contributed by atoms with E-state index in [9.17, 15) is 9.59 Å². The molecular formula is C13H16N4O2S. The fourth-order valence-electron chi connectivity index (χ4n) is 1.85. The van der Waals surface area contributed by atoms with Gasteiger partial charge >= 0.3 is 0 Å². The number of anilines is 1. The number of hydrogen-bond acceptors (Lipinski definition) is 5. The maximum atomic E-state index is 12.5. The third-order valence-electron chi connectivity index (χ3n) is 3.01. The van der Waals surface area contributed by atoms with Crippen molar-refractivity contribution in [2.24, 2.45) is 0 Å². The molecule has 0 aromatic carbocycles. The molecule has 0 aliphatic heterocycles. The summed E-state index contributed by atoms with van der Waals surface area (Å²) in [6.45, 7) is 2.29. The van der Waals surface area contributed by atoms with E-state index < -0.39 is 0 Å². The largest absolute Gasteiger partial charge is 0.397 e. The molecular weight excluding hydrogens is 276 g/mol. The predicted molar refractivity (Wildman–Crippen MR) is 79.7 cm³/mol. The molecule has 0 aliphatic rings. The number of nitrogens with two attached hydrogens (primary N) is 1. The first-order chi connectivity index (χ1) is 9.58. The summed E-state index contributed by atoms with van der Waals surface area (Å²) < 4.78 is 0.865. The maximum absolute atomic E-state index is 12.5. The van der Waals surface area contributed by atoms with Gasteiger partial charge < -0.3 is 16.0 Å². The van der Waals surface area contributed by atoms with Crippen LogP contribution >= 0.6 is 11.3 Å². The molecule has 0 atom stereocenters. The van der Waals surface area contributed by atoms with E-state index in [1.165, 1.54) is 16.2 Å². The van der Waals surface area contributed by atoms with E-state index in [0.717, 1.165) is 10.1 Å². The van der Waals surface area contributed by atoms with Gasteiger partial charge in [-0.2, -0.15) is 0 Å². The molecule has 2 aromatic rings. The summed E-state index contributed by atoms with van der Waals surface area (Å²) in [5.74, 6) is -0.434. The molecule has 2 rings (SSSR count). The number of fused-ring (bicyclic) bond motifs is 1. The molecule has 3 N–H and O–H groups in total. The maximum Gasteiger partial charge on any atom is 0.266 e. The molecule has 106 valence electrons. The average Bonchev–Trinajstić information content (AvgIpc) is 2.81. The van der Waals surface area contributed by atoms with Crippen LogP contribution in [0.2, 0.25) is 0 Å². The van der Waals surface area contributed by atoms with E-state index >= 15 is 0 Å². The normalized spacial score (nSPS) is 10.5. The van der Waals surface area contributed by atoms with Gasteiger partial charge in [-0.15, -0.1) is 11.3 Å². The van der Waals surface area contributed by atoms with Crippen molar-refractivity contribution in [2.75, 3.05) is 25.9 Å². The SMILES string of the molecule is CCN(CC(=O)NC)C(=O)c1sc2cnccc2c1N. The number of nitrogens with one attached hydrogen (secondary N) is 1. The van der Waals surface area contributed by atoms with Crippen LogP contribution in [0.25, 0.3) is 10.1 Å². The highest BCUT2D eigenvalue weighted by Crippen LogP contribution is 2.33. The van der Waals surface area contributed by atoms with Gasteiger partial charge in [0.15, 0.2) is 0 Å². The summed E-state index contributed by atoms with van der Waals surface area (Å²) in [6, 6.07) is 1.78. The fourth-order valence-corrected chi connectivity index (χ4v) is 2.91. The van der Waals surface area contributed by atoms with Crippen LogP contribution in [0.15, 0.2) is 18.5 Å². The Bertz CT molecular complexity index is 653. The molecule has 0 bridgehead atoms. The number of hydrogen-bond donors (Lipinski definition) is 2. The van der Waals surface area contributed by atoms with Crippen LogP contribution in [-0.2, 0) is 4.79 Å². The fraction of sp³-hybridized carbons (Fsp3) is 0.308. The number of amides is 2. The highest BCUT2D eigenvalue weighted by atomic mass is 32.1. The molecule has 2 aromatic heterocycles. The van der Waals surface area contributed by atoms with E-state index in [1.54, 1.807) is 25.5 Å². The molecule has 0 spiro atoms. The summed E-state index contributed by atoms with van der Waals surface area (Å²) >= 11 is 1.30. The first kappa shape index (κ1) is 14.3. The topological polar surface area (TPSA) is 88.3 Å². The summed E-state index contributed by atoms with van der Waals surface area (Å²) in [7, 11) is 1.54. The Balaban J connectivity index is 2.34.